The summed E-state index contributed by atoms with van der Waals surface area (Å²) in [4.78, 5) is 29.4. The van der Waals surface area contributed by atoms with Crippen molar-refractivity contribution < 1.29 is 19.5 Å². The molecule has 1 unspecified atom stereocenters. The van der Waals surface area contributed by atoms with Crippen molar-refractivity contribution in [3.63, 3.8) is 0 Å². The lowest BCUT2D eigenvalue weighted by molar-refractivity contribution is -0.137. The summed E-state index contributed by atoms with van der Waals surface area (Å²) in [5.74, 6) is -0.865. The summed E-state index contributed by atoms with van der Waals surface area (Å²) in [6.45, 7) is 4.69. The largest absolute Gasteiger partial charge is 0.481 e. The van der Waals surface area contributed by atoms with Gasteiger partial charge in [0, 0.05) is 18.5 Å². The van der Waals surface area contributed by atoms with E-state index in [1.807, 2.05) is 30.3 Å². The molecule has 0 aromatic heterocycles. The average molecular weight is 404 g/mol. The first-order chi connectivity index (χ1) is 14.1. The number of benzene rings is 1. The molecule has 2 N–H and O–H groups in total. The zero-order chi connectivity index (χ0) is 21.3. The number of carboxylic acids is 1. The van der Waals surface area contributed by atoms with Crippen LogP contribution < -0.4 is 5.48 Å². The predicted octanol–water partition coefficient (Wildman–Crippen LogP) is 5.80. The third kappa shape index (κ3) is 11.0. The van der Waals surface area contributed by atoms with Gasteiger partial charge in [0.25, 0.3) is 0 Å². The number of unbranched alkanes of at least 4 members (excludes halogenated alkanes) is 5. The van der Waals surface area contributed by atoms with E-state index in [-0.39, 0.29) is 12.2 Å². The van der Waals surface area contributed by atoms with Crippen LogP contribution in [0.3, 0.4) is 0 Å². The van der Waals surface area contributed by atoms with Crippen molar-refractivity contribution in [1.29, 1.82) is 0 Å². The molecule has 0 bridgehead atoms. The van der Waals surface area contributed by atoms with E-state index >= 15 is 0 Å². The fourth-order valence-electron chi connectivity index (χ4n) is 3.04. The Labute approximate surface area is 175 Å². The molecule has 0 aliphatic carbocycles. The van der Waals surface area contributed by atoms with Crippen LogP contribution in [-0.2, 0) is 9.63 Å². The molecule has 1 atom stereocenters. The van der Waals surface area contributed by atoms with Crippen molar-refractivity contribution in [2.45, 2.75) is 84.2 Å². The van der Waals surface area contributed by atoms with E-state index in [0.717, 1.165) is 24.8 Å². The second-order valence-corrected chi connectivity index (χ2v) is 7.34. The molecular formula is C24H37NO4. The molecule has 1 rings (SSSR count). The van der Waals surface area contributed by atoms with E-state index in [2.05, 4.69) is 25.4 Å². The van der Waals surface area contributed by atoms with Gasteiger partial charge in [0.1, 0.15) is 6.10 Å². The molecular weight excluding hydrogens is 366 g/mol. The van der Waals surface area contributed by atoms with Crippen LogP contribution in [-0.4, -0.2) is 29.5 Å². The van der Waals surface area contributed by atoms with Crippen molar-refractivity contribution in [3.05, 3.63) is 41.5 Å². The Bertz CT molecular complexity index is 627. The number of ketones is 1. The number of carboxylic acid groups (broad SMARTS) is 1. The van der Waals surface area contributed by atoms with Gasteiger partial charge in [0.2, 0.25) is 0 Å². The fraction of sp³-hybridized carbons (Fsp3) is 0.583. The summed E-state index contributed by atoms with van der Waals surface area (Å²) < 4.78 is 0. The molecule has 5 nitrogen and oxygen atoms in total. The normalized spacial score (nSPS) is 12.3. The van der Waals surface area contributed by atoms with Crippen molar-refractivity contribution in [3.8, 4) is 0 Å². The Morgan fingerprint density at radius 1 is 1.07 bits per heavy atom. The van der Waals surface area contributed by atoms with Gasteiger partial charge in [0.15, 0.2) is 5.78 Å². The van der Waals surface area contributed by atoms with E-state index in [0.29, 0.717) is 24.9 Å². The Hall–Kier alpha value is -1.98. The zero-order valence-electron chi connectivity index (χ0n) is 18.0. The summed E-state index contributed by atoms with van der Waals surface area (Å²) in [7, 11) is 0. The number of hydroxylamine groups is 1. The monoisotopic (exact) mass is 403 g/mol. The van der Waals surface area contributed by atoms with E-state index in [1.54, 1.807) is 0 Å². The first-order valence-corrected chi connectivity index (χ1v) is 11.0. The highest BCUT2D eigenvalue weighted by Crippen LogP contribution is 2.18. The molecule has 0 heterocycles. The number of hydrogen-bond acceptors (Lipinski definition) is 4. The van der Waals surface area contributed by atoms with Crippen molar-refractivity contribution in [2.75, 3.05) is 6.54 Å². The lowest BCUT2D eigenvalue weighted by Crippen LogP contribution is -2.32. The van der Waals surface area contributed by atoms with E-state index < -0.39 is 12.1 Å². The third-order valence-corrected chi connectivity index (χ3v) is 4.76. The molecule has 0 radical (unpaired) electrons. The van der Waals surface area contributed by atoms with Crippen LogP contribution in [0, 0.1) is 0 Å². The maximum absolute atomic E-state index is 13.1. The maximum Gasteiger partial charge on any atom is 0.303 e. The van der Waals surface area contributed by atoms with Crippen LogP contribution in [0.1, 0.15) is 94.0 Å². The molecule has 1 aromatic rings. The van der Waals surface area contributed by atoms with Crippen LogP contribution in [0.15, 0.2) is 30.3 Å². The minimum atomic E-state index is -0.833. The highest BCUT2D eigenvalue weighted by Gasteiger charge is 2.22. The number of carbonyl (C=O) groups excluding carboxylic acids is 1. The Kier molecular flexibility index (Phi) is 13.7. The van der Waals surface area contributed by atoms with Gasteiger partial charge in [0.05, 0.1) is 0 Å². The molecule has 0 saturated carbocycles. The molecule has 0 spiro atoms. The highest BCUT2D eigenvalue weighted by molar-refractivity contribution is 6.02. The quantitative estimate of drug-likeness (QED) is 0.195. The predicted molar refractivity (Wildman–Crippen MR) is 118 cm³/mol. The van der Waals surface area contributed by atoms with E-state index in [9.17, 15) is 9.59 Å². The van der Waals surface area contributed by atoms with Gasteiger partial charge < -0.3 is 5.11 Å². The topological polar surface area (TPSA) is 75.6 Å². The standard InChI is InChI=1S/C24H37NO4/c1-3-5-7-8-9-10-14-20-15-11-12-16-21(20)24(28)22(17-6-4-2)29-25-19-13-18-23(26)27/h10-12,14-16,22,25H,3-9,13,17-19H2,1-2H3,(H,26,27). The fourth-order valence-corrected chi connectivity index (χ4v) is 3.04. The number of allylic oxidation sites excluding steroid dienone is 1. The minimum Gasteiger partial charge on any atom is -0.481 e. The number of nitrogens with one attached hydrogen (secondary N) is 1. The number of carbonyl (C=O) groups is 2. The van der Waals surface area contributed by atoms with Crippen molar-refractivity contribution in [1.82, 2.24) is 5.48 Å². The lowest BCUT2D eigenvalue weighted by Gasteiger charge is -2.18. The summed E-state index contributed by atoms with van der Waals surface area (Å²) in [6, 6.07) is 7.64. The smallest absolute Gasteiger partial charge is 0.303 e. The van der Waals surface area contributed by atoms with Crippen LogP contribution in [0.25, 0.3) is 6.08 Å². The van der Waals surface area contributed by atoms with Crippen molar-refractivity contribution >= 4 is 17.8 Å². The van der Waals surface area contributed by atoms with Crippen LogP contribution in [0.2, 0.25) is 0 Å². The summed E-state index contributed by atoms with van der Waals surface area (Å²) in [5.41, 5.74) is 4.38. The van der Waals surface area contributed by atoms with Crippen LogP contribution in [0.5, 0.6) is 0 Å². The lowest BCUT2D eigenvalue weighted by atomic mass is 9.97. The zero-order valence-corrected chi connectivity index (χ0v) is 18.0. The van der Waals surface area contributed by atoms with Gasteiger partial charge in [-0.3, -0.25) is 14.4 Å². The molecule has 0 amide bonds. The summed E-state index contributed by atoms with van der Waals surface area (Å²) in [5, 5.41) is 8.71. The Morgan fingerprint density at radius 3 is 2.55 bits per heavy atom. The van der Waals surface area contributed by atoms with Gasteiger partial charge in [-0.2, -0.15) is 0 Å². The molecule has 1 aromatic carbocycles. The molecule has 29 heavy (non-hydrogen) atoms. The number of rotatable bonds is 17. The van der Waals surface area contributed by atoms with E-state index in [1.165, 1.54) is 25.7 Å². The Balaban J connectivity index is 2.71. The van der Waals surface area contributed by atoms with Crippen molar-refractivity contribution in [2.24, 2.45) is 0 Å². The van der Waals surface area contributed by atoms with E-state index in [4.69, 9.17) is 9.94 Å². The average Bonchev–Trinajstić information content (AvgIpc) is 2.72. The second-order valence-electron chi connectivity index (χ2n) is 7.34. The highest BCUT2D eigenvalue weighted by atomic mass is 16.7. The minimum absolute atomic E-state index is 0.0320. The number of aliphatic carboxylic acids is 1. The maximum atomic E-state index is 13.1. The number of Topliss-reactive ketones (excluding diaryl/α,β-unsaturated/α-hetero) is 1. The summed E-state index contributed by atoms with van der Waals surface area (Å²) in [6.07, 6.45) is 12.6. The number of hydrogen-bond donors (Lipinski definition) is 2. The molecule has 162 valence electrons. The SMILES string of the molecule is CCCCCCC=Cc1ccccc1C(=O)C(CCCC)ONCCCC(=O)O. The molecule has 0 aliphatic heterocycles. The first-order valence-electron chi connectivity index (χ1n) is 11.0. The van der Waals surface area contributed by atoms with Crippen LogP contribution >= 0.6 is 0 Å². The third-order valence-electron chi connectivity index (χ3n) is 4.76. The van der Waals surface area contributed by atoms with Crippen LogP contribution in [0.4, 0.5) is 0 Å². The van der Waals surface area contributed by atoms with Gasteiger partial charge >= 0.3 is 5.97 Å². The molecule has 0 saturated heterocycles. The van der Waals surface area contributed by atoms with Gasteiger partial charge in [-0.1, -0.05) is 82.4 Å². The van der Waals surface area contributed by atoms with Gasteiger partial charge in [-0.25, -0.2) is 5.48 Å². The van der Waals surface area contributed by atoms with Gasteiger partial charge in [-0.05, 0) is 31.2 Å². The summed E-state index contributed by atoms with van der Waals surface area (Å²) >= 11 is 0. The van der Waals surface area contributed by atoms with Gasteiger partial charge in [-0.15, -0.1) is 0 Å². The molecule has 0 fully saturated rings. The Morgan fingerprint density at radius 2 is 1.83 bits per heavy atom. The molecule has 0 aliphatic rings. The second kappa shape index (κ2) is 15.9. The molecule has 5 heteroatoms. The first kappa shape index (κ1) is 25.1.